The van der Waals surface area contributed by atoms with Crippen LogP contribution in [0.3, 0.4) is 0 Å². The molecule has 0 spiro atoms. The van der Waals surface area contributed by atoms with Gasteiger partial charge in [0.15, 0.2) is 11.5 Å². The van der Waals surface area contributed by atoms with E-state index in [4.69, 9.17) is 4.98 Å². The van der Waals surface area contributed by atoms with Crippen LogP contribution in [-0.4, -0.2) is 41.7 Å². The van der Waals surface area contributed by atoms with E-state index in [1.54, 1.807) is 18.6 Å². The average Bonchev–Trinajstić information content (AvgIpc) is 3.73. The predicted octanol–water partition coefficient (Wildman–Crippen LogP) is 5.91. The van der Waals surface area contributed by atoms with Gasteiger partial charge in [0.1, 0.15) is 5.69 Å². The zero-order chi connectivity index (χ0) is 25.3. The Labute approximate surface area is 220 Å². The van der Waals surface area contributed by atoms with E-state index in [1.165, 1.54) is 31.2 Å². The highest BCUT2D eigenvalue weighted by molar-refractivity contribution is 5.97. The van der Waals surface area contributed by atoms with Crippen molar-refractivity contribution in [2.75, 3.05) is 6.54 Å². The maximum absolute atomic E-state index is 4.79. The Hall–Kier alpha value is -4.43. The third-order valence-electron chi connectivity index (χ3n) is 7.54. The molecule has 1 saturated carbocycles. The molecule has 188 valence electrons. The molecule has 8 heteroatoms. The molecule has 5 heterocycles. The van der Waals surface area contributed by atoms with Crippen LogP contribution in [0.15, 0.2) is 73.4 Å². The number of aromatic nitrogens is 7. The van der Waals surface area contributed by atoms with Gasteiger partial charge < -0.3 is 10.3 Å². The van der Waals surface area contributed by atoms with Crippen molar-refractivity contribution in [3.8, 4) is 33.8 Å². The van der Waals surface area contributed by atoms with Gasteiger partial charge in [-0.3, -0.25) is 15.1 Å². The Morgan fingerprint density at radius 3 is 2.66 bits per heavy atom. The van der Waals surface area contributed by atoms with Crippen molar-refractivity contribution in [1.82, 2.24) is 40.4 Å². The van der Waals surface area contributed by atoms with Crippen LogP contribution in [0.4, 0.5) is 0 Å². The Kier molecular flexibility index (Phi) is 5.86. The van der Waals surface area contributed by atoms with Crippen LogP contribution >= 0.6 is 0 Å². The van der Waals surface area contributed by atoms with E-state index in [-0.39, 0.29) is 0 Å². The summed E-state index contributed by atoms with van der Waals surface area (Å²) in [6.07, 6.45) is 14.7. The molecule has 1 aliphatic carbocycles. The minimum atomic E-state index is 0.656. The summed E-state index contributed by atoms with van der Waals surface area (Å²) in [5.74, 6) is 1.50. The number of benzene rings is 1. The summed E-state index contributed by atoms with van der Waals surface area (Å²) in [6.45, 7) is 1.92. The van der Waals surface area contributed by atoms with Crippen molar-refractivity contribution in [3.05, 3.63) is 79.0 Å². The molecule has 8 nitrogen and oxygen atoms in total. The van der Waals surface area contributed by atoms with Crippen LogP contribution in [0.2, 0.25) is 0 Å². The molecule has 1 aliphatic rings. The van der Waals surface area contributed by atoms with Crippen LogP contribution in [-0.2, 0) is 6.54 Å². The molecule has 38 heavy (non-hydrogen) atoms. The molecular weight excluding hydrogens is 472 g/mol. The quantitative estimate of drug-likeness (QED) is 0.252. The topological polar surface area (TPSA) is 108 Å². The van der Waals surface area contributed by atoms with E-state index in [1.807, 2.05) is 30.6 Å². The lowest BCUT2D eigenvalue weighted by molar-refractivity contribution is 0.489. The number of hydrogen-bond donors (Lipinski definition) is 3. The maximum Gasteiger partial charge on any atom is 0.178 e. The number of hydrogen-bond acceptors (Lipinski definition) is 6. The fourth-order valence-electron chi connectivity index (χ4n) is 5.55. The number of fused-ring (bicyclic) bond motifs is 2. The first-order chi connectivity index (χ1) is 18.8. The molecule has 3 N–H and O–H groups in total. The molecule has 0 bridgehead atoms. The summed E-state index contributed by atoms with van der Waals surface area (Å²) in [5.41, 5.74) is 8.72. The first kappa shape index (κ1) is 22.7. The standard InChI is InChI=1S/C30H28N8/c1-2-4-19(3-1)15-32-16-20-13-23(18-33-17-20)22-5-6-26-25(14-22)28(38-37-26)30-35-27-24(9-12-34-29(27)36-30)21-7-10-31-11-8-21/h5-14,17-19,32H,1-4,15-16H2,(H,37,38)(H,34,35,36). The fourth-order valence-corrected chi connectivity index (χ4v) is 5.55. The second-order valence-electron chi connectivity index (χ2n) is 10.1. The van der Waals surface area contributed by atoms with E-state index in [2.05, 4.69) is 59.7 Å². The number of imidazole rings is 1. The molecule has 0 atom stereocenters. The van der Waals surface area contributed by atoms with Crippen LogP contribution < -0.4 is 5.32 Å². The molecule has 5 aromatic heterocycles. The summed E-state index contributed by atoms with van der Waals surface area (Å²) in [5, 5.41) is 12.4. The third kappa shape index (κ3) is 4.33. The first-order valence-electron chi connectivity index (χ1n) is 13.2. The molecule has 0 unspecified atom stereocenters. The van der Waals surface area contributed by atoms with Crippen LogP contribution in [0.5, 0.6) is 0 Å². The summed E-state index contributed by atoms with van der Waals surface area (Å²) in [7, 11) is 0. The summed E-state index contributed by atoms with van der Waals surface area (Å²) in [4.78, 5) is 21.4. The van der Waals surface area contributed by atoms with Gasteiger partial charge in [0.2, 0.25) is 0 Å². The minimum Gasteiger partial charge on any atom is -0.335 e. The summed E-state index contributed by atoms with van der Waals surface area (Å²) in [6, 6.07) is 14.5. The lowest BCUT2D eigenvalue weighted by Gasteiger charge is -2.11. The third-order valence-corrected chi connectivity index (χ3v) is 7.54. The van der Waals surface area contributed by atoms with E-state index in [9.17, 15) is 0 Å². The number of nitrogens with one attached hydrogen (secondary N) is 3. The Morgan fingerprint density at radius 1 is 0.868 bits per heavy atom. The van der Waals surface area contributed by atoms with E-state index < -0.39 is 0 Å². The van der Waals surface area contributed by atoms with Gasteiger partial charge in [-0.2, -0.15) is 5.10 Å². The van der Waals surface area contributed by atoms with Gasteiger partial charge in [0.05, 0.1) is 11.0 Å². The molecule has 6 aromatic rings. The van der Waals surface area contributed by atoms with E-state index in [0.717, 1.165) is 63.4 Å². The minimum absolute atomic E-state index is 0.656. The largest absolute Gasteiger partial charge is 0.335 e. The molecule has 0 amide bonds. The van der Waals surface area contributed by atoms with Crippen molar-refractivity contribution in [2.24, 2.45) is 5.92 Å². The monoisotopic (exact) mass is 500 g/mol. The maximum atomic E-state index is 4.79. The van der Waals surface area contributed by atoms with Crippen LogP contribution in [0, 0.1) is 5.92 Å². The summed E-state index contributed by atoms with van der Waals surface area (Å²) < 4.78 is 0. The highest BCUT2D eigenvalue weighted by Crippen LogP contribution is 2.32. The van der Waals surface area contributed by atoms with Crippen molar-refractivity contribution < 1.29 is 0 Å². The Balaban J connectivity index is 1.20. The van der Waals surface area contributed by atoms with E-state index in [0.29, 0.717) is 11.5 Å². The number of nitrogens with zero attached hydrogens (tertiary/aromatic N) is 5. The Morgan fingerprint density at radius 2 is 1.76 bits per heavy atom. The Bertz CT molecular complexity index is 1710. The zero-order valence-corrected chi connectivity index (χ0v) is 21.0. The number of rotatable bonds is 7. The number of pyridine rings is 3. The molecular formula is C30H28N8. The van der Waals surface area contributed by atoms with Crippen LogP contribution in [0.1, 0.15) is 31.2 Å². The van der Waals surface area contributed by atoms with E-state index >= 15 is 0 Å². The molecule has 1 aromatic carbocycles. The van der Waals surface area contributed by atoms with Crippen molar-refractivity contribution in [3.63, 3.8) is 0 Å². The lowest BCUT2D eigenvalue weighted by Crippen LogP contribution is -2.20. The second-order valence-corrected chi connectivity index (χ2v) is 10.1. The average molecular weight is 501 g/mol. The van der Waals surface area contributed by atoms with Gasteiger partial charge in [0.25, 0.3) is 0 Å². The van der Waals surface area contributed by atoms with Gasteiger partial charge in [-0.15, -0.1) is 0 Å². The second kappa shape index (κ2) is 9.79. The van der Waals surface area contributed by atoms with Gasteiger partial charge >= 0.3 is 0 Å². The molecule has 0 radical (unpaired) electrons. The highest BCUT2D eigenvalue weighted by Gasteiger charge is 2.17. The van der Waals surface area contributed by atoms with Crippen molar-refractivity contribution in [1.29, 1.82) is 0 Å². The van der Waals surface area contributed by atoms with Gasteiger partial charge in [-0.25, -0.2) is 9.97 Å². The molecule has 0 saturated heterocycles. The molecule has 7 rings (SSSR count). The SMILES string of the molecule is c1cc(-c2ccnc3nc(-c4n[nH]c5ccc(-c6cncc(CNCC7CCCC7)c6)cc45)[nH]c23)ccn1. The van der Waals surface area contributed by atoms with Crippen molar-refractivity contribution >= 4 is 22.1 Å². The number of aromatic amines is 2. The molecule has 0 aliphatic heterocycles. The molecule has 1 fully saturated rings. The van der Waals surface area contributed by atoms with Crippen LogP contribution in [0.25, 0.3) is 55.8 Å². The first-order valence-corrected chi connectivity index (χ1v) is 13.2. The number of H-pyrrole nitrogens is 2. The predicted molar refractivity (Wildman–Crippen MR) is 149 cm³/mol. The van der Waals surface area contributed by atoms with Gasteiger partial charge in [0, 0.05) is 54.0 Å². The van der Waals surface area contributed by atoms with Crippen molar-refractivity contribution in [2.45, 2.75) is 32.2 Å². The zero-order valence-electron chi connectivity index (χ0n) is 21.0. The lowest BCUT2D eigenvalue weighted by atomic mass is 10.0. The smallest absolute Gasteiger partial charge is 0.178 e. The van der Waals surface area contributed by atoms with Gasteiger partial charge in [-0.1, -0.05) is 18.9 Å². The fraction of sp³-hybridized carbons (Fsp3) is 0.233. The normalized spacial score (nSPS) is 14.1. The summed E-state index contributed by atoms with van der Waals surface area (Å²) >= 11 is 0. The van der Waals surface area contributed by atoms with Gasteiger partial charge in [-0.05, 0) is 78.4 Å². The highest BCUT2D eigenvalue weighted by atomic mass is 15.1.